The van der Waals surface area contributed by atoms with Crippen LogP contribution in [-0.2, 0) is 32.0 Å². The van der Waals surface area contributed by atoms with Gasteiger partial charge in [-0.05, 0) is 18.4 Å². The molecule has 37 heavy (non-hydrogen) atoms. The highest BCUT2D eigenvalue weighted by Gasteiger charge is 2.33. The molecule has 0 aliphatic rings. The Balaban J connectivity index is 2.23. The highest BCUT2D eigenvalue weighted by molar-refractivity contribution is 5.94. The van der Waals surface area contributed by atoms with Crippen molar-refractivity contribution in [2.75, 3.05) is 0 Å². The van der Waals surface area contributed by atoms with E-state index < -0.39 is 54.0 Å². The second kappa shape index (κ2) is 14.1. The first-order valence-corrected chi connectivity index (χ1v) is 12.1. The van der Waals surface area contributed by atoms with Gasteiger partial charge in [-0.2, -0.15) is 0 Å². The molecule has 8 N–H and O–H groups in total. The number of hydrogen-bond acceptors (Lipinski definition) is 7. The Morgan fingerprint density at radius 3 is 2.16 bits per heavy atom. The number of hydrogen-bond donors (Lipinski definition) is 7. The van der Waals surface area contributed by atoms with Crippen molar-refractivity contribution in [3.63, 3.8) is 0 Å². The Morgan fingerprint density at radius 2 is 1.62 bits per heavy atom. The lowest BCUT2D eigenvalue weighted by Gasteiger charge is -2.28. The topological polar surface area (TPSA) is 200 Å². The largest absolute Gasteiger partial charge is 0.480 e. The van der Waals surface area contributed by atoms with Crippen LogP contribution in [-0.4, -0.2) is 74.1 Å². The number of carbonyl (C=O) groups is 4. The average Bonchev–Trinajstić information content (AvgIpc) is 3.38. The number of aliphatic hydroxyl groups is 1. The van der Waals surface area contributed by atoms with Gasteiger partial charge < -0.3 is 36.9 Å². The summed E-state index contributed by atoms with van der Waals surface area (Å²) in [5, 5.41) is 27.0. The third-order valence-corrected chi connectivity index (χ3v) is 6.12. The first-order valence-electron chi connectivity index (χ1n) is 12.1. The summed E-state index contributed by atoms with van der Waals surface area (Å²) >= 11 is 0. The molecule has 6 atom stereocenters. The molecule has 0 fully saturated rings. The minimum Gasteiger partial charge on any atom is -0.480 e. The summed E-state index contributed by atoms with van der Waals surface area (Å²) in [6.45, 7) is 4.95. The lowest BCUT2D eigenvalue weighted by atomic mass is 9.96. The number of carbonyl (C=O) groups excluding carboxylic acids is 3. The van der Waals surface area contributed by atoms with Crippen LogP contribution in [0.4, 0.5) is 0 Å². The lowest BCUT2D eigenvalue weighted by molar-refractivity contribution is -0.142. The highest BCUT2D eigenvalue weighted by atomic mass is 16.4. The fraction of sp³-hybridized carbons (Fsp3) is 0.480. The predicted octanol–water partition coefficient (Wildman–Crippen LogP) is -0.512. The standard InChI is InChI=1S/C25H36N6O6/c1-4-14(2)21(31-23(34)20(26)15(3)32)24(35)29-18(11-17-12-27-13-28-17)22(33)30-19(25(36)37)10-16-8-6-5-7-9-16/h5-9,12-15,18-21,32H,4,10-11,26H2,1-3H3,(H,27,28)(H,29,35)(H,30,33)(H,31,34)(H,36,37). The Kier molecular flexibility index (Phi) is 11.2. The van der Waals surface area contributed by atoms with Gasteiger partial charge in [-0.3, -0.25) is 14.4 Å². The summed E-state index contributed by atoms with van der Waals surface area (Å²) in [4.78, 5) is 57.6. The van der Waals surface area contributed by atoms with E-state index in [1.165, 1.54) is 19.4 Å². The second-order valence-electron chi connectivity index (χ2n) is 9.07. The third kappa shape index (κ3) is 8.99. The minimum absolute atomic E-state index is 0.00358. The third-order valence-electron chi connectivity index (χ3n) is 6.12. The molecule has 1 aromatic heterocycles. The Morgan fingerprint density at radius 1 is 0.973 bits per heavy atom. The number of H-pyrrole nitrogens is 1. The van der Waals surface area contributed by atoms with Crippen molar-refractivity contribution in [1.82, 2.24) is 25.9 Å². The molecule has 1 heterocycles. The number of nitrogens with zero attached hydrogens (tertiary/aromatic N) is 1. The first-order chi connectivity index (χ1) is 17.5. The van der Waals surface area contributed by atoms with Gasteiger partial charge in [0.1, 0.15) is 24.2 Å². The zero-order chi connectivity index (χ0) is 27.5. The van der Waals surface area contributed by atoms with Crippen LogP contribution in [0.1, 0.15) is 38.4 Å². The molecule has 12 heteroatoms. The molecule has 202 valence electrons. The smallest absolute Gasteiger partial charge is 0.326 e. The summed E-state index contributed by atoms with van der Waals surface area (Å²) in [6.07, 6.45) is 2.36. The van der Waals surface area contributed by atoms with E-state index in [0.29, 0.717) is 12.1 Å². The number of carboxylic acid groups (broad SMARTS) is 1. The van der Waals surface area contributed by atoms with E-state index in [-0.39, 0.29) is 18.8 Å². The molecule has 0 bridgehead atoms. The second-order valence-corrected chi connectivity index (χ2v) is 9.07. The molecule has 0 radical (unpaired) electrons. The monoisotopic (exact) mass is 516 g/mol. The van der Waals surface area contributed by atoms with Crippen LogP contribution in [0.15, 0.2) is 42.9 Å². The number of rotatable bonds is 14. The number of imidazole rings is 1. The van der Waals surface area contributed by atoms with Gasteiger partial charge in [0.2, 0.25) is 17.7 Å². The summed E-state index contributed by atoms with van der Waals surface area (Å²) in [5.74, 6) is -3.61. The van der Waals surface area contributed by atoms with E-state index in [2.05, 4.69) is 25.9 Å². The van der Waals surface area contributed by atoms with E-state index in [1.54, 1.807) is 37.3 Å². The quantitative estimate of drug-likeness (QED) is 0.174. The normalized spacial score (nSPS) is 15.9. The summed E-state index contributed by atoms with van der Waals surface area (Å²) in [7, 11) is 0. The van der Waals surface area contributed by atoms with Crippen LogP contribution in [0.25, 0.3) is 0 Å². The van der Waals surface area contributed by atoms with Crippen molar-refractivity contribution < 1.29 is 29.4 Å². The van der Waals surface area contributed by atoms with Crippen molar-refractivity contribution in [2.24, 2.45) is 11.7 Å². The van der Waals surface area contributed by atoms with Crippen LogP contribution >= 0.6 is 0 Å². The number of nitrogens with two attached hydrogens (primary N) is 1. The summed E-state index contributed by atoms with van der Waals surface area (Å²) < 4.78 is 0. The van der Waals surface area contributed by atoms with E-state index in [4.69, 9.17) is 5.73 Å². The van der Waals surface area contributed by atoms with Crippen LogP contribution in [0.5, 0.6) is 0 Å². The van der Waals surface area contributed by atoms with Gasteiger partial charge >= 0.3 is 5.97 Å². The fourth-order valence-electron chi connectivity index (χ4n) is 3.58. The van der Waals surface area contributed by atoms with Crippen molar-refractivity contribution in [2.45, 2.75) is 70.3 Å². The number of amides is 3. The van der Waals surface area contributed by atoms with E-state index in [9.17, 15) is 29.4 Å². The van der Waals surface area contributed by atoms with Gasteiger partial charge in [-0.15, -0.1) is 0 Å². The number of nitrogens with one attached hydrogen (secondary N) is 4. The molecule has 2 aromatic rings. The summed E-state index contributed by atoms with van der Waals surface area (Å²) in [5.41, 5.74) is 6.97. The SMILES string of the molecule is CCC(C)C(NC(=O)C(N)C(C)O)C(=O)NC(Cc1cnc[nH]1)C(=O)NC(Cc1ccccc1)C(=O)O. The molecular weight excluding hydrogens is 480 g/mol. The maximum absolute atomic E-state index is 13.3. The number of aromatic nitrogens is 2. The molecule has 0 aliphatic heterocycles. The molecule has 0 aliphatic carbocycles. The first kappa shape index (κ1) is 29.5. The Hall–Kier alpha value is -3.77. The van der Waals surface area contributed by atoms with E-state index in [0.717, 1.165) is 5.56 Å². The minimum atomic E-state index is -1.24. The Labute approximate surface area is 215 Å². The fourth-order valence-corrected chi connectivity index (χ4v) is 3.58. The number of aliphatic hydroxyl groups excluding tert-OH is 1. The molecule has 0 spiro atoms. The maximum atomic E-state index is 13.3. The van der Waals surface area contributed by atoms with Crippen molar-refractivity contribution in [1.29, 1.82) is 0 Å². The zero-order valence-electron chi connectivity index (χ0n) is 21.2. The van der Waals surface area contributed by atoms with Gasteiger partial charge in [-0.25, -0.2) is 9.78 Å². The van der Waals surface area contributed by atoms with Crippen molar-refractivity contribution in [3.8, 4) is 0 Å². The molecule has 3 amide bonds. The molecule has 0 saturated carbocycles. The van der Waals surface area contributed by atoms with Crippen molar-refractivity contribution >= 4 is 23.7 Å². The average molecular weight is 517 g/mol. The predicted molar refractivity (Wildman–Crippen MR) is 135 cm³/mol. The molecule has 6 unspecified atom stereocenters. The number of aliphatic carboxylic acids is 1. The van der Waals surface area contributed by atoms with E-state index in [1.807, 2.05) is 6.92 Å². The highest BCUT2D eigenvalue weighted by Crippen LogP contribution is 2.11. The van der Waals surface area contributed by atoms with Crippen LogP contribution in [0.2, 0.25) is 0 Å². The molecule has 0 saturated heterocycles. The molecule has 2 rings (SSSR count). The van der Waals surface area contributed by atoms with Gasteiger partial charge in [0, 0.05) is 24.7 Å². The zero-order valence-corrected chi connectivity index (χ0v) is 21.2. The molecule has 1 aromatic carbocycles. The van der Waals surface area contributed by atoms with Crippen LogP contribution in [0.3, 0.4) is 0 Å². The molecule has 12 nitrogen and oxygen atoms in total. The number of aromatic amines is 1. The van der Waals surface area contributed by atoms with Crippen LogP contribution < -0.4 is 21.7 Å². The maximum Gasteiger partial charge on any atom is 0.326 e. The molecular formula is C25H36N6O6. The van der Waals surface area contributed by atoms with Gasteiger partial charge in [0.25, 0.3) is 0 Å². The van der Waals surface area contributed by atoms with E-state index >= 15 is 0 Å². The summed E-state index contributed by atoms with van der Waals surface area (Å²) in [6, 6.07) is 4.16. The Bertz CT molecular complexity index is 1030. The van der Waals surface area contributed by atoms with Gasteiger partial charge in [0.15, 0.2) is 0 Å². The lowest BCUT2D eigenvalue weighted by Crippen LogP contribution is -2.60. The van der Waals surface area contributed by atoms with Crippen molar-refractivity contribution in [3.05, 3.63) is 54.1 Å². The number of benzene rings is 1. The van der Waals surface area contributed by atoms with Gasteiger partial charge in [0.05, 0.1) is 12.4 Å². The van der Waals surface area contributed by atoms with Gasteiger partial charge in [-0.1, -0.05) is 50.6 Å². The number of carboxylic acids is 1. The van der Waals surface area contributed by atoms with Crippen LogP contribution in [0, 0.1) is 5.92 Å².